The molecule has 4 heteroatoms. The van der Waals surface area contributed by atoms with Gasteiger partial charge in [0.25, 0.3) is 0 Å². The monoisotopic (exact) mass is 325 g/mol. The summed E-state index contributed by atoms with van der Waals surface area (Å²) in [4.78, 5) is 14.7. The average molecular weight is 325 g/mol. The number of hydrogen-bond donors (Lipinski definition) is 0. The van der Waals surface area contributed by atoms with Crippen LogP contribution in [0.25, 0.3) is 0 Å². The molecule has 4 aliphatic rings. The first kappa shape index (κ1) is 15.4. The van der Waals surface area contributed by atoms with Crippen LogP contribution in [-0.4, -0.2) is 36.6 Å². The van der Waals surface area contributed by atoms with E-state index < -0.39 is 0 Å². The van der Waals surface area contributed by atoms with Crippen LogP contribution in [0.3, 0.4) is 0 Å². The fraction of sp³-hybridized carbons (Fsp3) is 0.450. The van der Waals surface area contributed by atoms with Crippen LogP contribution in [-0.2, 0) is 9.53 Å². The lowest BCUT2D eigenvalue weighted by molar-refractivity contribution is -0.153. The Labute approximate surface area is 141 Å². The zero-order valence-corrected chi connectivity index (χ0v) is 13.7. The highest BCUT2D eigenvalue weighted by atomic mass is 19.1. The topological polar surface area (TPSA) is 29.5 Å². The number of methoxy groups -OCH3 is 1. The van der Waals surface area contributed by atoms with Crippen LogP contribution in [0.4, 0.5) is 4.39 Å². The smallest absolute Gasteiger partial charge is 0.310 e. The SMILES string of the molecule is COC(=O)C1C2CC3CCC1N3C/C2=C\C#Cc1cccc(F)c1. The van der Waals surface area contributed by atoms with Gasteiger partial charge in [-0.3, -0.25) is 9.69 Å². The van der Waals surface area contributed by atoms with Crippen molar-refractivity contribution >= 4 is 5.97 Å². The fourth-order valence-electron chi connectivity index (χ4n) is 4.66. The van der Waals surface area contributed by atoms with E-state index in [1.165, 1.54) is 31.2 Å². The third-order valence-corrected chi connectivity index (χ3v) is 5.68. The molecule has 3 nitrogen and oxygen atoms in total. The number of carbonyl (C=O) groups is 1. The van der Waals surface area contributed by atoms with E-state index in [0.717, 1.165) is 19.4 Å². The number of benzene rings is 1. The largest absolute Gasteiger partial charge is 0.469 e. The molecule has 124 valence electrons. The van der Waals surface area contributed by atoms with E-state index in [1.54, 1.807) is 12.1 Å². The molecule has 0 aliphatic carbocycles. The minimum Gasteiger partial charge on any atom is -0.469 e. The number of ether oxygens (including phenoxy) is 1. The van der Waals surface area contributed by atoms with E-state index >= 15 is 0 Å². The molecule has 5 unspecified atom stereocenters. The summed E-state index contributed by atoms with van der Waals surface area (Å²) < 4.78 is 18.3. The van der Waals surface area contributed by atoms with E-state index in [2.05, 4.69) is 16.7 Å². The Morgan fingerprint density at radius 1 is 1.42 bits per heavy atom. The molecule has 24 heavy (non-hydrogen) atoms. The maximum atomic E-state index is 13.2. The Morgan fingerprint density at radius 3 is 3.08 bits per heavy atom. The van der Waals surface area contributed by atoms with Crippen molar-refractivity contribution < 1.29 is 13.9 Å². The molecule has 4 bridgehead atoms. The molecule has 4 saturated heterocycles. The minimum atomic E-state index is -0.278. The van der Waals surface area contributed by atoms with Crippen molar-refractivity contribution in [2.24, 2.45) is 11.8 Å². The maximum absolute atomic E-state index is 13.2. The Kier molecular flexibility index (Phi) is 3.90. The summed E-state index contributed by atoms with van der Waals surface area (Å²) in [6.45, 7) is 0.894. The van der Waals surface area contributed by atoms with Gasteiger partial charge in [0.2, 0.25) is 0 Å². The second kappa shape index (κ2) is 6.07. The third kappa shape index (κ3) is 2.53. The van der Waals surface area contributed by atoms with Crippen molar-refractivity contribution in [3.63, 3.8) is 0 Å². The summed E-state index contributed by atoms with van der Waals surface area (Å²) in [5, 5.41) is 0. The van der Waals surface area contributed by atoms with Gasteiger partial charge in [-0.05, 0) is 55.0 Å². The molecule has 0 N–H and O–H groups in total. The van der Waals surface area contributed by atoms with Gasteiger partial charge in [-0.1, -0.05) is 17.9 Å². The van der Waals surface area contributed by atoms with Gasteiger partial charge in [-0.2, -0.15) is 0 Å². The molecule has 5 atom stereocenters. The van der Waals surface area contributed by atoms with Crippen LogP contribution in [0.5, 0.6) is 0 Å². The molecular formula is C20H20FNO2. The molecule has 4 aliphatic heterocycles. The standard InChI is InChI=1S/C20H20FNO2/c1-24-20(23)19-17-11-16-8-9-18(19)22(16)12-14(17)6-2-4-13-5-3-7-15(21)10-13/h3,5-7,10,16-19H,8-9,11-12H2,1H3/b14-6+. The third-order valence-electron chi connectivity index (χ3n) is 5.68. The van der Waals surface area contributed by atoms with Crippen LogP contribution in [0.2, 0.25) is 0 Å². The van der Waals surface area contributed by atoms with Crippen molar-refractivity contribution in [3.8, 4) is 11.8 Å². The van der Waals surface area contributed by atoms with Crippen molar-refractivity contribution in [1.82, 2.24) is 4.90 Å². The number of nitrogens with zero attached hydrogens (tertiary/aromatic N) is 1. The average Bonchev–Trinajstić information content (AvgIpc) is 2.90. The fourth-order valence-corrected chi connectivity index (χ4v) is 4.66. The predicted molar refractivity (Wildman–Crippen MR) is 88.5 cm³/mol. The molecule has 0 saturated carbocycles. The van der Waals surface area contributed by atoms with Gasteiger partial charge >= 0.3 is 5.97 Å². The highest BCUT2D eigenvalue weighted by Crippen LogP contribution is 2.50. The van der Waals surface area contributed by atoms with Gasteiger partial charge in [-0.15, -0.1) is 0 Å². The first-order valence-electron chi connectivity index (χ1n) is 8.47. The number of rotatable bonds is 1. The van der Waals surface area contributed by atoms with E-state index in [-0.39, 0.29) is 23.6 Å². The predicted octanol–water partition coefficient (Wildman–Crippen LogP) is 2.76. The van der Waals surface area contributed by atoms with E-state index in [1.807, 2.05) is 6.08 Å². The lowest BCUT2D eigenvalue weighted by atomic mass is 9.71. The number of esters is 1. The Bertz CT molecular complexity index is 760. The van der Waals surface area contributed by atoms with Crippen LogP contribution in [0, 0.1) is 29.5 Å². The van der Waals surface area contributed by atoms with E-state index in [4.69, 9.17) is 4.74 Å². The Hall–Kier alpha value is -2.12. The Morgan fingerprint density at radius 2 is 2.29 bits per heavy atom. The molecule has 0 spiro atoms. The second-order valence-corrected chi connectivity index (χ2v) is 6.86. The van der Waals surface area contributed by atoms with Gasteiger partial charge in [0.05, 0.1) is 13.0 Å². The molecule has 0 amide bonds. The van der Waals surface area contributed by atoms with Crippen molar-refractivity contribution in [2.75, 3.05) is 13.7 Å². The summed E-state index contributed by atoms with van der Waals surface area (Å²) in [6, 6.07) is 7.23. The minimum absolute atomic E-state index is 0.0651. The lowest BCUT2D eigenvalue weighted by Gasteiger charge is -2.50. The summed E-state index contributed by atoms with van der Waals surface area (Å²) in [5.41, 5.74) is 1.88. The summed E-state index contributed by atoms with van der Waals surface area (Å²) in [5.74, 6) is 5.84. The van der Waals surface area contributed by atoms with Crippen LogP contribution in [0.15, 0.2) is 35.9 Å². The summed E-state index contributed by atoms with van der Waals surface area (Å²) >= 11 is 0. The lowest BCUT2D eigenvalue weighted by Crippen LogP contribution is -2.58. The van der Waals surface area contributed by atoms with E-state index in [0.29, 0.717) is 17.6 Å². The number of allylic oxidation sites excluding steroid dienone is 1. The number of halogens is 1. The van der Waals surface area contributed by atoms with Crippen LogP contribution < -0.4 is 0 Å². The highest BCUT2D eigenvalue weighted by molar-refractivity contribution is 5.75. The summed E-state index contributed by atoms with van der Waals surface area (Å²) in [7, 11) is 1.47. The molecule has 1 aromatic rings. The van der Waals surface area contributed by atoms with Gasteiger partial charge in [0.15, 0.2) is 0 Å². The molecular weight excluding hydrogens is 305 g/mol. The number of fused-ring (bicyclic) bond motifs is 1. The summed E-state index contributed by atoms with van der Waals surface area (Å²) in [6.07, 6.45) is 5.21. The quantitative estimate of drug-likeness (QED) is 0.587. The molecule has 0 aromatic heterocycles. The number of piperidine rings is 3. The zero-order chi connectivity index (χ0) is 16.7. The number of hydrogen-bond acceptors (Lipinski definition) is 3. The van der Waals surface area contributed by atoms with Gasteiger partial charge in [0.1, 0.15) is 5.82 Å². The molecule has 4 heterocycles. The van der Waals surface area contributed by atoms with Gasteiger partial charge in [0, 0.05) is 24.2 Å². The van der Waals surface area contributed by atoms with Crippen LogP contribution >= 0.6 is 0 Å². The first-order chi connectivity index (χ1) is 11.7. The zero-order valence-electron chi connectivity index (χ0n) is 13.7. The van der Waals surface area contributed by atoms with E-state index in [9.17, 15) is 9.18 Å². The van der Waals surface area contributed by atoms with Crippen LogP contribution in [0.1, 0.15) is 24.8 Å². The molecule has 0 radical (unpaired) electrons. The van der Waals surface area contributed by atoms with Gasteiger partial charge < -0.3 is 4.74 Å². The maximum Gasteiger partial charge on any atom is 0.310 e. The molecule has 1 aromatic carbocycles. The Balaban J connectivity index is 1.60. The normalized spacial score (nSPS) is 34.8. The van der Waals surface area contributed by atoms with Gasteiger partial charge in [-0.25, -0.2) is 4.39 Å². The molecule has 4 fully saturated rings. The second-order valence-electron chi connectivity index (χ2n) is 6.86. The number of carbonyl (C=O) groups excluding carboxylic acids is 1. The first-order valence-corrected chi connectivity index (χ1v) is 8.47. The van der Waals surface area contributed by atoms with Crippen molar-refractivity contribution in [1.29, 1.82) is 0 Å². The molecule has 5 rings (SSSR count). The van der Waals surface area contributed by atoms with Crippen molar-refractivity contribution in [2.45, 2.75) is 31.3 Å². The highest BCUT2D eigenvalue weighted by Gasteiger charge is 2.55. The van der Waals surface area contributed by atoms with Crippen molar-refractivity contribution in [3.05, 3.63) is 47.3 Å².